The van der Waals surface area contributed by atoms with Crippen molar-refractivity contribution >= 4 is 17.3 Å². The van der Waals surface area contributed by atoms with E-state index >= 15 is 0 Å². The molecular formula is C11H7FO3S. The molecule has 2 aromatic rings. The molecule has 0 atom stereocenters. The quantitative estimate of drug-likeness (QED) is 0.891. The molecular weight excluding hydrogens is 231 g/mol. The van der Waals surface area contributed by atoms with Gasteiger partial charge >= 0.3 is 5.97 Å². The number of halogens is 1. The van der Waals surface area contributed by atoms with Crippen LogP contribution in [0.2, 0.25) is 0 Å². The highest BCUT2D eigenvalue weighted by Gasteiger charge is 2.09. The number of thiophene rings is 1. The molecule has 0 fully saturated rings. The Hall–Kier alpha value is -1.88. The zero-order chi connectivity index (χ0) is 11.5. The topological polar surface area (TPSA) is 46.5 Å². The fraction of sp³-hybridized carbons (Fsp3) is 0. The van der Waals surface area contributed by atoms with E-state index in [0.717, 1.165) is 11.3 Å². The van der Waals surface area contributed by atoms with Gasteiger partial charge in [-0.25, -0.2) is 9.18 Å². The van der Waals surface area contributed by atoms with Crippen LogP contribution >= 0.6 is 11.3 Å². The van der Waals surface area contributed by atoms with Crippen LogP contribution in [0.5, 0.6) is 11.5 Å². The summed E-state index contributed by atoms with van der Waals surface area (Å²) in [6.07, 6.45) is 0. The molecule has 0 saturated heterocycles. The number of ether oxygens (including phenoxy) is 1. The van der Waals surface area contributed by atoms with Gasteiger partial charge < -0.3 is 9.84 Å². The molecule has 0 aliphatic heterocycles. The zero-order valence-corrected chi connectivity index (χ0v) is 8.83. The van der Waals surface area contributed by atoms with E-state index in [1.807, 2.05) is 0 Å². The van der Waals surface area contributed by atoms with Crippen LogP contribution in [-0.4, -0.2) is 11.1 Å². The maximum atomic E-state index is 13.2. The molecule has 16 heavy (non-hydrogen) atoms. The van der Waals surface area contributed by atoms with Gasteiger partial charge in [0, 0.05) is 11.4 Å². The number of benzene rings is 1. The lowest BCUT2D eigenvalue weighted by Gasteiger charge is -2.02. The second-order valence-electron chi connectivity index (χ2n) is 2.98. The number of carboxylic acid groups (broad SMARTS) is 1. The first-order valence-electron chi connectivity index (χ1n) is 4.41. The third kappa shape index (κ3) is 2.20. The summed E-state index contributed by atoms with van der Waals surface area (Å²) in [6.45, 7) is 0. The smallest absolute Gasteiger partial charge is 0.346 e. The first kappa shape index (κ1) is 10.6. The maximum Gasteiger partial charge on any atom is 0.346 e. The van der Waals surface area contributed by atoms with Crippen molar-refractivity contribution in [3.63, 3.8) is 0 Å². The number of hydrogen-bond acceptors (Lipinski definition) is 3. The Balaban J connectivity index is 2.21. The molecule has 1 aromatic carbocycles. The van der Waals surface area contributed by atoms with Gasteiger partial charge in [-0.1, -0.05) is 12.1 Å². The summed E-state index contributed by atoms with van der Waals surface area (Å²) in [5.74, 6) is -1.09. The number of carbonyl (C=O) groups is 1. The van der Waals surface area contributed by atoms with Gasteiger partial charge in [-0.2, -0.15) is 0 Å². The van der Waals surface area contributed by atoms with Crippen molar-refractivity contribution in [2.24, 2.45) is 0 Å². The van der Waals surface area contributed by atoms with Crippen LogP contribution in [0.1, 0.15) is 9.67 Å². The molecule has 1 aromatic heterocycles. The van der Waals surface area contributed by atoms with Crippen LogP contribution in [0, 0.1) is 5.82 Å². The zero-order valence-electron chi connectivity index (χ0n) is 8.01. The Kier molecular flexibility index (Phi) is 2.87. The second-order valence-corrected chi connectivity index (χ2v) is 3.90. The fourth-order valence-electron chi connectivity index (χ4n) is 1.14. The molecule has 0 aliphatic carbocycles. The summed E-state index contributed by atoms with van der Waals surface area (Å²) in [4.78, 5) is 10.8. The Morgan fingerprint density at radius 3 is 2.75 bits per heavy atom. The Bertz CT molecular complexity index is 521. The lowest BCUT2D eigenvalue weighted by Crippen LogP contribution is -1.90. The van der Waals surface area contributed by atoms with E-state index in [9.17, 15) is 9.18 Å². The van der Waals surface area contributed by atoms with E-state index in [0.29, 0.717) is 5.75 Å². The van der Waals surface area contributed by atoms with E-state index in [1.165, 1.54) is 23.6 Å². The van der Waals surface area contributed by atoms with Crippen molar-refractivity contribution in [3.8, 4) is 11.5 Å². The van der Waals surface area contributed by atoms with Crippen LogP contribution in [-0.2, 0) is 0 Å². The third-order valence-electron chi connectivity index (χ3n) is 1.85. The molecule has 1 N–H and O–H groups in total. The number of aromatic carboxylic acids is 1. The number of rotatable bonds is 3. The molecule has 0 radical (unpaired) electrons. The predicted octanol–water partition coefficient (Wildman–Crippen LogP) is 3.38. The van der Waals surface area contributed by atoms with Crippen LogP contribution < -0.4 is 4.74 Å². The Morgan fingerprint density at radius 2 is 2.12 bits per heavy atom. The minimum absolute atomic E-state index is 0.0808. The summed E-state index contributed by atoms with van der Waals surface area (Å²) < 4.78 is 18.4. The maximum absolute atomic E-state index is 13.2. The first-order chi connectivity index (χ1) is 7.66. The van der Waals surface area contributed by atoms with Gasteiger partial charge in [0.05, 0.1) is 0 Å². The average molecular weight is 238 g/mol. The summed E-state index contributed by atoms with van der Waals surface area (Å²) >= 11 is 1.04. The van der Waals surface area contributed by atoms with Crippen molar-refractivity contribution in [3.05, 3.63) is 46.4 Å². The summed E-state index contributed by atoms with van der Waals surface area (Å²) in [6, 6.07) is 7.31. The SMILES string of the molecule is O=C(O)c1cc(Oc2ccccc2F)cs1. The van der Waals surface area contributed by atoms with Crippen LogP contribution in [0.15, 0.2) is 35.7 Å². The number of para-hydroxylation sites is 1. The molecule has 0 aliphatic rings. The second kappa shape index (κ2) is 4.32. The van der Waals surface area contributed by atoms with Gasteiger partial charge in [-0.3, -0.25) is 0 Å². The van der Waals surface area contributed by atoms with E-state index in [-0.39, 0.29) is 10.6 Å². The fourth-order valence-corrected chi connectivity index (χ4v) is 1.78. The van der Waals surface area contributed by atoms with Gasteiger partial charge in [0.1, 0.15) is 10.6 Å². The van der Waals surface area contributed by atoms with Gasteiger partial charge in [0.2, 0.25) is 0 Å². The first-order valence-corrected chi connectivity index (χ1v) is 5.29. The van der Waals surface area contributed by atoms with Crippen molar-refractivity contribution in [1.29, 1.82) is 0 Å². The van der Waals surface area contributed by atoms with Crippen molar-refractivity contribution in [2.75, 3.05) is 0 Å². The van der Waals surface area contributed by atoms with Crippen LogP contribution in [0.25, 0.3) is 0 Å². The minimum Gasteiger partial charge on any atom is -0.477 e. The predicted molar refractivity (Wildman–Crippen MR) is 57.8 cm³/mol. The van der Waals surface area contributed by atoms with E-state index in [4.69, 9.17) is 9.84 Å². The minimum atomic E-state index is -1.02. The van der Waals surface area contributed by atoms with Crippen LogP contribution in [0.3, 0.4) is 0 Å². The molecule has 0 saturated carbocycles. The van der Waals surface area contributed by atoms with Crippen molar-refractivity contribution in [2.45, 2.75) is 0 Å². The molecule has 0 unspecified atom stereocenters. The number of hydrogen-bond donors (Lipinski definition) is 1. The monoisotopic (exact) mass is 238 g/mol. The normalized spacial score (nSPS) is 10.1. The molecule has 82 valence electrons. The van der Waals surface area contributed by atoms with Crippen molar-refractivity contribution in [1.82, 2.24) is 0 Å². The lowest BCUT2D eigenvalue weighted by atomic mass is 10.3. The Morgan fingerprint density at radius 1 is 1.38 bits per heavy atom. The molecule has 0 bridgehead atoms. The van der Waals surface area contributed by atoms with Gasteiger partial charge in [0.15, 0.2) is 11.6 Å². The standard InChI is InChI=1S/C11H7FO3S/c12-8-3-1-2-4-9(8)15-7-5-10(11(13)14)16-6-7/h1-6H,(H,13,14). The van der Waals surface area contributed by atoms with Crippen molar-refractivity contribution < 1.29 is 19.0 Å². The molecule has 0 spiro atoms. The van der Waals surface area contributed by atoms with Crippen LogP contribution in [0.4, 0.5) is 4.39 Å². The average Bonchev–Trinajstić information content (AvgIpc) is 2.70. The Labute approximate surface area is 94.7 Å². The molecule has 5 heteroatoms. The van der Waals surface area contributed by atoms with Gasteiger partial charge in [-0.15, -0.1) is 11.3 Å². The highest BCUT2D eigenvalue weighted by Crippen LogP contribution is 2.28. The summed E-state index contributed by atoms with van der Waals surface area (Å²) in [7, 11) is 0. The molecule has 1 heterocycles. The highest BCUT2D eigenvalue weighted by molar-refractivity contribution is 7.12. The lowest BCUT2D eigenvalue weighted by molar-refractivity contribution is 0.0702. The summed E-state index contributed by atoms with van der Waals surface area (Å²) in [5, 5.41) is 10.2. The highest BCUT2D eigenvalue weighted by atomic mass is 32.1. The molecule has 0 amide bonds. The van der Waals surface area contributed by atoms with E-state index in [2.05, 4.69) is 0 Å². The largest absolute Gasteiger partial charge is 0.477 e. The van der Waals surface area contributed by atoms with E-state index in [1.54, 1.807) is 12.1 Å². The number of carboxylic acids is 1. The van der Waals surface area contributed by atoms with E-state index < -0.39 is 11.8 Å². The molecule has 2 rings (SSSR count). The molecule has 3 nitrogen and oxygen atoms in total. The van der Waals surface area contributed by atoms with Gasteiger partial charge in [0.25, 0.3) is 0 Å². The summed E-state index contributed by atoms with van der Waals surface area (Å²) in [5.41, 5.74) is 0. The van der Waals surface area contributed by atoms with Gasteiger partial charge in [-0.05, 0) is 12.1 Å². The third-order valence-corrected chi connectivity index (χ3v) is 2.75.